The van der Waals surface area contributed by atoms with Crippen LogP contribution in [0, 0.1) is 0 Å². The van der Waals surface area contributed by atoms with Crippen molar-refractivity contribution in [3.63, 3.8) is 0 Å². The van der Waals surface area contributed by atoms with Crippen LogP contribution in [0.1, 0.15) is 5.56 Å². The highest BCUT2D eigenvalue weighted by atomic mass is 35.5. The highest BCUT2D eigenvalue weighted by molar-refractivity contribution is 7.86. The number of H-pyrrole nitrogens is 1. The molecule has 16 heavy (non-hydrogen) atoms. The smallest absolute Gasteiger partial charge is 0.302 e. The van der Waals surface area contributed by atoms with Gasteiger partial charge in [-0.3, -0.25) is 0 Å². The lowest BCUT2D eigenvalue weighted by molar-refractivity contribution is 0.551. The van der Waals surface area contributed by atoms with Crippen LogP contribution in [0.4, 0.5) is 3.89 Å². The summed E-state index contributed by atoms with van der Waals surface area (Å²) in [7, 11) is -4.42. The van der Waals surface area contributed by atoms with Gasteiger partial charge in [-0.15, -0.1) is 3.89 Å². The van der Waals surface area contributed by atoms with Crippen molar-refractivity contribution in [1.29, 1.82) is 0 Å². The van der Waals surface area contributed by atoms with Crippen molar-refractivity contribution in [3.05, 3.63) is 35.0 Å². The predicted molar refractivity (Wildman–Crippen MR) is 61.9 cm³/mol. The first-order chi connectivity index (χ1) is 7.46. The number of hydrogen-bond acceptors (Lipinski definition) is 2. The van der Waals surface area contributed by atoms with Gasteiger partial charge in [0.1, 0.15) is 0 Å². The molecule has 0 saturated heterocycles. The first-order valence-electron chi connectivity index (χ1n) is 4.63. The van der Waals surface area contributed by atoms with E-state index in [-0.39, 0.29) is 6.42 Å². The number of aryl methyl sites for hydroxylation is 1. The Hall–Kier alpha value is -1.07. The number of fused-ring (bicyclic) bond motifs is 1. The van der Waals surface area contributed by atoms with Crippen molar-refractivity contribution >= 4 is 32.7 Å². The van der Waals surface area contributed by atoms with Crippen LogP contribution in [0.3, 0.4) is 0 Å². The zero-order chi connectivity index (χ0) is 11.8. The van der Waals surface area contributed by atoms with Crippen LogP contribution >= 0.6 is 11.6 Å². The molecule has 1 N–H and O–H groups in total. The van der Waals surface area contributed by atoms with Gasteiger partial charge in [-0.25, -0.2) is 0 Å². The average molecular weight is 262 g/mol. The van der Waals surface area contributed by atoms with Crippen molar-refractivity contribution in [2.24, 2.45) is 0 Å². The van der Waals surface area contributed by atoms with E-state index in [1.807, 2.05) is 0 Å². The van der Waals surface area contributed by atoms with Crippen LogP contribution < -0.4 is 0 Å². The van der Waals surface area contributed by atoms with Crippen LogP contribution in [0.5, 0.6) is 0 Å². The maximum atomic E-state index is 12.4. The number of aromatic nitrogens is 1. The molecule has 0 saturated carbocycles. The van der Waals surface area contributed by atoms with E-state index in [0.29, 0.717) is 5.02 Å². The van der Waals surface area contributed by atoms with Crippen LogP contribution in [-0.2, 0) is 16.6 Å². The zero-order valence-electron chi connectivity index (χ0n) is 8.20. The SMILES string of the molecule is O=S(=O)(F)CCc1c[nH]c2cc(Cl)ccc12. The molecule has 0 aliphatic rings. The molecule has 1 heterocycles. The third kappa shape index (κ3) is 2.54. The molecule has 0 spiro atoms. The number of aromatic amines is 1. The third-order valence-corrected chi connectivity index (χ3v) is 3.27. The molecule has 1 aromatic heterocycles. The quantitative estimate of drug-likeness (QED) is 0.864. The van der Waals surface area contributed by atoms with Crippen molar-refractivity contribution in [2.45, 2.75) is 6.42 Å². The van der Waals surface area contributed by atoms with Gasteiger partial charge in [0.25, 0.3) is 0 Å². The second-order valence-electron chi connectivity index (χ2n) is 3.50. The van der Waals surface area contributed by atoms with Crippen LogP contribution in [0.25, 0.3) is 10.9 Å². The Morgan fingerprint density at radius 3 is 2.81 bits per heavy atom. The number of nitrogens with one attached hydrogen (secondary N) is 1. The Bertz CT molecular complexity index is 621. The van der Waals surface area contributed by atoms with E-state index in [4.69, 9.17) is 11.6 Å². The minimum absolute atomic E-state index is 0.153. The number of halogens is 2. The van der Waals surface area contributed by atoms with Gasteiger partial charge in [-0.2, -0.15) is 8.42 Å². The van der Waals surface area contributed by atoms with E-state index < -0.39 is 16.0 Å². The number of rotatable bonds is 3. The third-order valence-electron chi connectivity index (χ3n) is 2.34. The summed E-state index contributed by atoms with van der Waals surface area (Å²) in [4.78, 5) is 2.96. The summed E-state index contributed by atoms with van der Waals surface area (Å²) in [5, 5.41) is 1.46. The summed E-state index contributed by atoms with van der Waals surface area (Å²) in [6, 6.07) is 5.24. The highest BCUT2D eigenvalue weighted by Gasteiger charge is 2.10. The topological polar surface area (TPSA) is 49.9 Å². The fourth-order valence-corrected chi connectivity index (χ4v) is 2.23. The maximum Gasteiger partial charge on any atom is 0.302 e. The van der Waals surface area contributed by atoms with Gasteiger partial charge in [0.15, 0.2) is 0 Å². The summed E-state index contributed by atoms with van der Waals surface area (Å²) < 4.78 is 33.2. The van der Waals surface area contributed by atoms with Gasteiger partial charge in [0, 0.05) is 22.1 Å². The van der Waals surface area contributed by atoms with Crippen molar-refractivity contribution < 1.29 is 12.3 Å². The highest BCUT2D eigenvalue weighted by Crippen LogP contribution is 2.22. The van der Waals surface area contributed by atoms with Crippen LogP contribution in [-0.4, -0.2) is 19.2 Å². The lowest BCUT2D eigenvalue weighted by atomic mass is 10.1. The number of hydrogen-bond donors (Lipinski definition) is 1. The van der Waals surface area contributed by atoms with E-state index in [0.717, 1.165) is 16.5 Å². The van der Waals surface area contributed by atoms with E-state index in [1.54, 1.807) is 24.4 Å². The van der Waals surface area contributed by atoms with Gasteiger partial charge >= 0.3 is 10.2 Å². The fourth-order valence-electron chi connectivity index (χ4n) is 1.60. The molecule has 2 rings (SSSR count). The molecule has 0 aliphatic heterocycles. The lowest BCUT2D eigenvalue weighted by Gasteiger charge is -1.96. The molecule has 0 unspecified atom stereocenters. The summed E-state index contributed by atoms with van der Waals surface area (Å²) in [5.74, 6) is -0.497. The summed E-state index contributed by atoms with van der Waals surface area (Å²) >= 11 is 5.80. The van der Waals surface area contributed by atoms with Crippen LogP contribution in [0.2, 0.25) is 5.02 Å². The molecule has 6 heteroatoms. The van der Waals surface area contributed by atoms with Gasteiger partial charge in [0.05, 0.1) is 5.75 Å². The Kier molecular flexibility index (Phi) is 2.90. The van der Waals surface area contributed by atoms with E-state index in [9.17, 15) is 12.3 Å². The maximum absolute atomic E-state index is 12.4. The standard InChI is InChI=1S/C10H9ClFNO2S/c11-8-1-2-9-7(3-4-16(12,14)15)6-13-10(9)5-8/h1-2,5-6,13H,3-4H2. The number of benzene rings is 1. The van der Waals surface area contributed by atoms with E-state index in [1.165, 1.54) is 0 Å². The Morgan fingerprint density at radius 1 is 1.38 bits per heavy atom. The average Bonchev–Trinajstić information content (AvgIpc) is 2.56. The molecular weight excluding hydrogens is 253 g/mol. The Balaban J connectivity index is 2.32. The van der Waals surface area contributed by atoms with Crippen molar-refractivity contribution in [3.8, 4) is 0 Å². The van der Waals surface area contributed by atoms with Gasteiger partial charge in [0.2, 0.25) is 0 Å². The van der Waals surface area contributed by atoms with Crippen molar-refractivity contribution in [1.82, 2.24) is 4.98 Å². The Labute approximate surface area is 97.4 Å². The van der Waals surface area contributed by atoms with Gasteiger partial charge < -0.3 is 4.98 Å². The first-order valence-corrected chi connectivity index (χ1v) is 6.56. The molecule has 1 aromatic carbocycles. The van der Waals surface area contributed by atoms with Gasteiger partial charge in [-0.1, -0.05) is 17.7 Å². The molecular formula is C10H9ClFNO2S. The minimum Gasteiger partial charge on any atom is -0.361 e. The minimum atomic E-state index is -4.42. The zero-order valence-corrected chi connectivity index (χ0v) is 9.78. The molecule has 0 atom stereocenters. The largest absolute Gasteiger partial charge is 0.361 e. The molecule has 2 aromatic rings. The van der Waals surface area contributed by atoms with Crippen molar-refractivity contribution in [2.75, 3.05) is 5.75 Å². The molecule has 0 radical (unpaired) electrons. The second-order valence-corrected chi connectivity index (χ2v) is 5.42. The normalized spacial score (nSPS) is 12.1. The van der Waals surface area contributed by atoms with E-state index >= 15 is 0 Å². The molecule has 0 bridgehead atoms. The summed E-state index contributed by atoms with van der Waals surface area (Å²) in [5.41, 5.74) is 1.59. The fraction of sp³-hybridized carbons (Fsp3) is 0.200. The summed E-state index contributed by atoms with van der Waals surface area (Å²) in [6.45, 7) is 0. The Morgan fingerprint density at radius 2 is 2.12 bits per heavy atom. The molecule has 3 nitrogen and oxygen atoms in total. The van der Waals surface area contributed by atoms with Gasteiger partial charge in [-0.05, 0) is 24.1 Å². The first kappa shape index (κ1) is 11.4. The van der Waals surface area contributed by atoms with Crippen LogP contribution in [0.15, 0.2) is 24.4 Å². The summed E-state index contributed by atoms with van der Waals surface area (Å²) in [6.07, 6.45) is 1.83. The second kappa shape index (κ2) is 4.07. The molecule has 86 valence electrons. The monoisotopic (exact) mass is 261 g/mol. The molecule has 0 amide bonds. The molecule has 0 fully saturated rings. The lowest BCUT2D eigenvalue weighted by Crippen LogP contribution is -2.01. The predicted octanol–water partition coefficient (Wildman–Crippen LogP) is 2.66. The van der Waals surface area contributed by atoms with E-state index in [2.05, 4.69) is 4.98 Å². The molecule has 0 aliphatic carbocycles.